The summed E-state index contributed by atoms with van der Waals surface area (Å²) in [6, 6.07) is 3.32. The molecule has 1 aromatic heterocycles. The summed E-state index contributed by atoms with van der Waals surface area (Å²) >= 11 is 6.03. The molecule has 0 aliphatic heterocycles. The minimum Gasteiger partial charge on any atom is -0.496 e. The molecule has 0 saturated carbocycles. The molecule has 0 fully saturated rings. The number of aryl methyl sites for hydroxylation is 1. The van der Waals surface area contributed by atoms with Crippen LogP contribution in [-0.4, -0.2) is 17.3 Å². The molecule has 0 saturated heterocycles. The normalized spacial score (nSPS) is 11.1. The second-order valence-electron chi connectivity index (χ2n) is 5.02. The van der Waals surface area contributed by atoms with Crippen LogP contribution in [-0.2, 0) is 6.42 Å². The van der Waals surface area contributed by atoms with Gasteiger partial charge in [0.1, 0.15) is 5.75 Å². The van der Waals surface area contributed by atoms with Crippen molar-refractivity contribution in [3.63, 3.8) is 0 Å². The number of hydrogen-bond acceptors (Lipinski definition) is 5. The van der Waals surface area contributed by atoms with Gasteiger partial charge in [0.15, 0.2) is 5.82 Å². The lowest BCUT2D eigenvalue weighted by atomic mass is 10.1. The lowest BCUT2D eigenvalue weighted by Gasteiger charge is -2.07. The Morgan fingerprint density at radius 1 is 1.40 bits per heavy atom. The van der Waals surface area contributed by atoms with E-state index in [1.165, 1.54) is 0 Å². The van der Waals surface area contributed by atoms with Gasteiger partial charge in [-0.05, 0) is 18.4 Å². The first-order chi connectivity index (χ1) is 9.51. The molecule has 0 atom stereocenters. The number of methoxy groups -OCH3 is 1. The molecule has 0 aliphatic rings. The number of benzene rings is 1. The van der Waals surface area contributed by atoms with Crippen molar-refractivity contribution in [2.75, 3.05) is 12.8 Å². The average Bonchev–Trinajstić information content (AvgIpc) is 2.87. The predicted octanol–water partition coefficient (Wildman–Crippen LogP) is 3.57. The average molecular weight is 296 g/mol. The van der Waals surface area contributed by atoms with E-state index in [0.29, 0.717) is 39.7 Å². The predicted molar refractivity (Wildman–Crippen MR) is 78.9 cm³/mol. The van der Waals surface area contributed by atoms with Crippen molar-refractivity contribution < 1.29 is 9.26 Å². The Kier molecular flexibility index (Phi) is 4.49. The van der Waals surface area contributed by atoms with Crippen LogP contribution >= 0.6 is 11.6 Å². The highest BCUT2D eigenvalue weighted by atomic mass is 35.5. The summed E-state index contributed by atoms with van der Waals surface area (Å²) in [6.07, 6.45) is 1.80. The van der Waals surface area contributed by atoms with E-state index in [1.807, 2.05) is 0 Å². The molecule has 0 unspecified atom stereocenters. The van der Waals surface area contributed by atoms with Crippen LogP contribution in [0.1, 0.15) is 26.1 Å². The van der Waals surface area contributed by atoms with E-state index in [-0.39, 0.29) is 0 Å². The van der Waals surface area contributed by atoms with Crippen molar-refractivity contribution in [3.8, 4) is 17.2 Å². The summed E-state index contributed by atoms with van der Waals surface area (Å²) in [4.78, 5) is 4.37. The number of rotatable bonds is 5. The number of nitrogen functional groups attached to an aromatic ring is 1. The third-order valence-electron chi connectivity index (χ3n) is 2.96. The van der Waals surface area contributed by atoms with Gasteiger partial charge in [0.25, 0.3) is 5.89 Å². The number of nitrogens with zero attached hydrogens (tertiary/aromatic N) is 2. The SMILES string of the molecule is COc1cc(N)c(Cl)cc1-c1nc(CCC(C)C)no1. The van der Waals surface area contributed by atoms with Crippen LogP contribution in [0, 0.1) is 5.92 Å². The lowest BCUT2D eigenvalue weighted by Crippen LogP contribution is -1.95. The molecule has 2 N–H and O–H groups in total. The summed E-state index contributed by atoms with van der Waals surface area (Å²) in [5.74, 6) is 2.23. The van der Waals surface area contributed by atoms with Gasteiger partial charge in [-0.2, -0.15) is 4.98 Å². The molecule has 6 heteroatoms. The highest BCUT2D eigenvalue weighted by molar-refractivity contribution is 6.33. The molecule has 1 heterocycles. The molecule has 20 heavy (non-hydrogen) atoms. The number of hydrogen-bond donors (Lipinski definition) is 1. The van der Waals surface area contributed by atoms with Crippen molar-refractivity contribution in [2.45, 2.75) is 26.7 Å². The van der Waals surface area contributed by atoms with Gasteiger partial charge in [-0.3, -0.25) is 0 Å². The zero-order valence-corrected chi connectivity index (χ0v) is 12.6. The molecule has 0 bridgehead atoms. The number of ether oxygens (including phenoxy) is 1. The highest BCUT2D eigenvalue weighted by Crippen LogP contribution is 2.35. The summed E-state index contributed by atoms with van der Waals surface area (Å²) in [5, 5.41) is 4.41. The Hall–Kier alpha value is -1.75. The van der Waals surface area contributed by atoms with Gasteiger partial charge in [0, 0.05) is 12.5 Å². The summed E-state index contributed by atoms with van der Waals surface area (Å²) in [7, 11) is 1.56. The van der Waals surface area contributed by atoms with Gasteiger partial charge in [-0.25, -0.2) is 0 Å². The molecule has 108 valence electrons. The van der Waals surface area contributed by atoms with E-state index < -0.39 is 0 Å². The van der Waals surface area contributed by atoms with Gasteiger partial charge in [0.05, 0.1) is 23.4 Å². The smallest absolute Gasteiger partial charge is 0.261 e. The van der Waals surface area contributed by atoms with Crippen molar-refractivity contribution in [1.82, 2.24) is 10.1 Å². The minimum atomic E-state index is 0.391. The largest absolute Gasteiger partial charge is 0.496 e. The Morgan fingerprint density at radius 2 is 2.15 bits per heavy atom. The number of nitrogens with two attached hydrogens (primary N) is 1. The lowest BCUT2D eigenvalue weighted by molar-refractivity contribution is 0.402. The Bertz CT molecular complexity index is 596. The summed E-state index contributed by atoms with van der Waals surface area (Å²) in [6.45, 7) is 4.31. The van der Waals surface area contributed by atoms with Crippen LogP contribution in [0.15, 0.2) is 16.7 Å². The topological polar surface area (TPSA) is 74.2 Å². The quantitative estimate of drug-likeness (QED) is 0.854. The maximum Gasteiger partial charge on any atom is 0.261 e. The van der Waals surface area contributed by atoms with Gasteiger partial charge < -0.3 is 15.0 Å². The fourth-order valence-corrected chi connectivity index (χ4v) is 1.95. The third kappa shape index (κ3) is 3.22. The second kappa shape index (κ2) is 6.13. The molecule has 5 nitrogen and oxygen atoms in total. The van der Waals surface area contributed by atoms with E-state index in [2.05, 4.69) is 24.0 Å². The Balaban J connectivity index is 2.29. The maximum absolute atomic E-state index is 6.03. The molecular formula is C14H18ClN3O2. The van der Waals surface area contributed by atoms with E-state index >= 15 is 0 Å². The summed E-state index contributed by atoms with van der Waals surface area (Å²) in [5.41, 5.74) is 6.85. The van der Waals surface area contributed by atoms with Crippen molar-refractivity contribution in [3.05, 3.63) is 23.0 Å². The van der Waals surface area contributed by atoms with Crippen molar-refractivity contribution >= 4 is 17.3 Å². The third-order valence-corrected chi connectivity index (χ3v) is 3.29. The van der Waals surface area contributed by atoms with Crippen LogP contribution in [0.2, 0.25) is 5.02 Å². The van der Waals surface area contributed by atoms with Gasteiger partial charge in [-0.15, -0.1) is 0 Å². The molecule has 0 amide bonds. The molecule has 2 aromatic rings. The first kappa shape index (κ1) is 14.7. The zero-order valence-electron chi connectivity index (χ0n) is 11.8. The number of anilines is 1. The fraction of sp³-hybridized carbons (Fsp3) is 0.429. The number of halogens is 1. The Morgan fingerprint density at radius 3 is 2.80 bits per heavy atom. The van der Waals surface area contributed by atoms with Crippen molar-refractivity contribution in [2.24, 2.45) is 5.92 Å². The van der Waals surface area contributed by atoms with Gasteiger partial charge >= 0.3 is 0 Å². The fourth-order valence-electron chi connectivity index (χ4n) is 1.79. The molecular weight excluding hydrogens is 278 g/mol. The molecule has 0 spiro atoms. The van der Waals surface area contributed by atoms with E-state index in [0.717, 1.165) is 12.8 Å². The van der Waals surface area contributed by atoms with Crippen LogP contribution in [0.25, 0.3) is 11.5 Å². The van der Waals surface area contributed by atoms with E-state index in [4.69, 9.17) is 26.6 Å². The number of aromatic nitrogens is 2. The van der Waals surface area contributed by atoms with E-state index in [1.54, 1.807) is 19.2 Å². The van der Waals surface area contributed by atoms with Gasteiger partial charge in [0.2, 0.25) is 0 Å². The van der Waals surface area contributed by atoms with Crippen LogP contribution in [0.3, 0.4) is 0 Å². The molecule has 2 rings (SSSR count). The maximum atomic E-state index is 6.03. The minimum absolute atomic E-state index is 0.391. The zero-order chi connectivity index (χ0) is 14.7. The van der Waals surface area contributed by atoms with Crippen LogP contribution in [0.5, 0.6) is 5.75 Å². The van der Waals surface area contributed by atoms with Crippen LogP contribution < -0.4 is 10.5 Å². The molecule has 0 radical (unpaired) electrons. The second-order valence-corrected chi connectivity index (χ2v) is 5.43. The van der Waals surface area contributed by atoms with E-state index in [9.17, 15) is 0 Å². The standard InChI is InChI=1S/C14H18ClN3O2/c1-8(2)4-5-13-17-14(20-18-13)9-6-10(15)11(16)7-12(9)19-3/h6-8H,4-5,16H2,1-3H3. The van der Waals surface area contributed by atoms with Crippen molar-refractivity contribution in [1.29, 1.82) is 0 Å². The van der Waals surface area contributed by atoms with Gasteiger partial charge in [-0.1, -0.05) is 30.6 Å². The van der Waals surface area contributed by atoms with Crippen LogP contribution in [0.4, 0.5) is 5.69 Å². The first-order valence-electron chi connectivity index (χ1n) is 6.47. The first-order valence-corrected chi connectivity index (χ1v) is 6.85. The molecule has 0 aliphatic carbocycles. The monoisotopic (exact) mass is 295 g/mol. The Labute approximate surface area is 123 Å². The molecule has 1 aromatic carbocycles. The summed E-state index contributed by atoms with van der Waals surface area (Å²) < 4.78 is 10.6. The highest BCUT2D eigenvalue weighted by Gasteiger charge is 2.16.